The predicted octanol–water partition coefficient (Wildman–Crippen LogP) is 2.83. The molecule has 1 aliphatic rings. The van der Waals surface area contributed by atoms with Crippen molar-refractivity contribution in [2.45, 2.75) is 46.1 Å². The zero-order valence-corrected chi connectivity index (χ0v) is 12.4. The first-order valence-corrected chi connectivity index (χ1v) is 7.80. The van der Waals surface area contributed by atoms with E-state index < -0.39 is 0 Å². The van der Waals surface area contributed by atoms with Crippen LogP contribution in [0.5, 0.6) is 0 Å². The van der Waals surface area contributed by atoms with Gasteiger partial charge in [0.25, 0.3) is 0 Å². The highest BCUT2D eigenvalue weighted by Crippen LogP contribution is 2.20. The molecular weight excluding hydrogens is 236 g/mol. The summed E-state index contributed by atoms with van der Waals surface area (Å²) in [5, 5.41) is 3.45. The normalized spacial score (nSPS) is 17.8. The Labute approximate surface area is 117 Å². The molecule has 0 aromatic carbocycles. The average Bonchev–Trinajstić information content (AvgIpc) is 2.87. The van der Waals surface area contributed by atoms with Crippen LogP contribution in [0, 0.1) is 5.92 Å². The molecule has 0 bridgehead atoms. The molecule has 0 atom stereocenters. The Morgan fingerprint density at radius 3 is 2.79 bits per heavy atom. The van der Waals surface area contributed by atoms with Crippen molar-refractivity contribution in [3.63, 3.8) is 0 Å². The number of hydrogen-bond acceptors (Lipinski definition) is 3. The van der Waals surface area contributed by atoms with Crippen LogP contribution in [0.25, 0.3) is 0 Å². The number of anilines is 1. The molecule has 0 saturated carbocycles. The third-order valence-electron chi connectivity index (χ3n) is 4.14. The van der Waals surface area contributed by atoms with Gasteiger partial charge in [-0.2, -0.15) is 0 Å². The number of unbranched alkanes of at least 4 members (excludes halogenated alkanes) is 1. The summed E-state index contributed by atoms with van der Waals surface area (Å²) in [7, 11) is 0. The van der Waals surface area contributed by atoms with Gasteiger partial charge in [-0.1, -0.05) is 20.3 Å². The van der Waals surface area contributed by atoms with Crippen LogP contribution in [0.3, 0.4) is 0 Å². The first kappa shape index (κ1) is 14.4. The lowest BCUT2D eigenvalue weighted by Gasteiger charge is -2.31. The highest BCUT2D eigenvalue weighted by molar-refractivity contribution is 5.25. The molecule has 108 valence electrons. The van der Waals surface area contributed by atoms with Gasteiger partial charge in [-0.3, -0.25) is 0 Å². The van der Waals surface area contributed by atoms with E-state index in [0.29, 0.717) is 0 Å². The molecule has 0 spiro atoms. The van der Waals surface area contributed by atoms with Gasteiger partial charge in [0.15, 0.2) is 0 Å². The minimum Gasteiger partial charge on any atom is -0.356 e. The summed E-state index contributed by atoms with van der Waals surface area (Å²) >= 11 is 0. The van der Waals surface area contributed by atoms with Crippen LogP contribution in [0.2, 0.25) is 0 Å². The summed E-state index contributed by atoms with van der Waals surface area (Å²) in [6.45, 7) is 10.3. The topological polar surface area (TPSA) is 33.1 Å². The first-order chi connectivity index (χ1) is 9.33. The van der Waals surface area contributed by atoms with E-state index in [0.717, 1.165) is 25.0 Å². The second kappa shape index (κ2) is 7.53. The lowest BCUT2D eigenvalue weighted by molar-refractivity contribution is 0.181. The molecule has 0 unspecified atom stereocenters. The van der Waals surface area contributed by atoms with Crippen molar-refractivity contribution >= 4 is 5.95 Å². The number of hydrogen-bond donors (Lipinski definition) is 1. The van der Waals surface area contributed by atoms with Crippen LogP contribution >= 0.6 is 0 Å². The van der Waals surface area contributed by atoms with Gasteiger partial charge in [0.1, 0.15) is 0 Å². The molecule has 2 rings (SSSR count). The quantitative estimate of drug-likeness (QED) is 0.769. The van der Waals surface area contributed by atoms with Crippen LogP contribution in [0.1, 0.15) is 39.5 Å². The van der Waals surface area contributed by atoms with Gasteiger partial charge in [0, 0.05) is 25.5 Å². The number of aromatic nitrogens is 2. The summed E-state index contributed by atoms with van der Waals surface area (Å²) < 4.78 is 2.29. The summed E-state index contributed by atoms with van der Waals surface area (Å²) in [6.07, 6.45) is 9.10. The molecule has 1 aromatic rings. The number of rotatable bonds is 7. The maximum Gasteiger partial charge on any atom is 0.202 e. The van der Waals surface area contributed by atoms with Gasteiger partial charge in [0.2, 0.25) is 5.95 Å². The van der Waals surface area contributed by atoms with Gasteiger partial charge in [-0.25, -0.2) is 4.98 Å². The van der Waals surface area contributed by atoms with Crippen LogP contribution in [0.15, 0.2) is 12.4 Å². The minimum atomic E-state index is 0.809. The largest absolute Gasteiger partial charge is 0.356 e. The van der Waals surface area contributed by atoms with Crippen molar-refractivity contribution in [3.05, 3.63) is 12.4 Å². The van der Waals surface area contributed by atoms with E-state index in [4.69, 9.17) is 0 Å². The van der Waals surface area contributed by atoms with Gasteiger partial charge in [-0.15, -0.1) is 0 Å². The van der Waals surface area contributed by atoms with E-state index in [9.17, 15) is 0 Å². The van der Waals surface area contributed by atoms with Gasteiger partial charge < -0.3 is 14.8 Å². The lowest BCUT2D eigenvalue weighted by atomic mass is 9.97. The molecule has 1 saturated heterocycles. The van der Waals surface area contributed by atoms with Crippen molar-refractivity contribution in [1.29, 1.82) is 0 Å². The third-order valence-corrected chi connectivity index (χ3v) is 4.14. The number of likely N-dealkylation sites (tertiary alicyclic amines) is 1. The van der Waals surface area contributed by atoms with Crippen LogP contribution in [-0.4, -0.2) is 40.6 Å². The lowest BCUT2D eigenvalue weighted by Crippen LogP contribution is -2.34. The number of nitrogens with one attached hydrogen (secondary N) is 1. The van der Waals surface area contributed by atoms with Crippen molar-refractivity contribution in [2.24, 2.45) is 5.92 Å². The fourth-order valence-electron chi connectivity index (χ4n) is 2.76. The number of piperidine rings is 1. The average molecular weight is 264 g/mol. The maximum atomic E-state index is 4.43. The van der Waals surface area contributed by atoms with Gasteiger partial charge >= 0.3 is 0 Å². The minimum absolute atomic E-state index is 0.809. The highest BCUT2D eigenvalue weighted by atomic mass is 15.2. The molecule has 0 radical (unpaired) electrons. The zero-order valence-electron chi connectivity index (χ0n) is 12.4. The van der Waals surface area contributed by atoms with Gasteiger partial charge in [0.05, 0.1) is 0 Å². The first-order valence-electron chi connectivity index (χ1n) is 7.80. The van der Waals surface area contributed by atoms with Crippen molar-refractivity contribution in [2.75, 3.05) is 31.5 Å². The molecule has 0 aliphatic carbocycles. The van der Waals surface area contributed by atoms with Crippen molar-refractivity contribution < 1.29 is 0 Å². The molecule has 19 heavy (non-hydrogen) atoms. The second-order valence-corrected chi connectivity index (χ2v) is 5.56. The maximum absolute atomic E-state index is 4.43. The van der Waals surface area contributed by atoms with E-state index in [1.165, 1.54) is 45.3 Å². The standard InChI is InChI=1S/C15H28N4/c1-3-5-8-16-15-17-9-12-19(15)13-14-6-10-18(4-2)11-7-14/h9,12,14H,3-8,10-11,13H2,1-2H3,(H,16,17). The third kappa shape index (κ3) is 4.23. The molecule has 4 heteroatoms. The molecule has 1 aliphatic heterocycles. The molecular formula is C15H28N4. The van der Waals surface area contributed by atoms with Crippen molar-refractivity contribution in [3.8, 4) is 0 Å². The summed E-state index contributed by atoms with van der Waals surface area (Å²) in [5.41, 5.74) is 0. The Balaban J connectivity index is 1.81. The molecule has 1 N–H and O–H groups in total. The van der Waals surface area contributed by atoms with E-state index in [1.54, 1.807) is 0 Å². The zero-order chi connectivity index (χ0) is 13.5. The molecule has 1 fully saturated rings. The SMILES string of the molecule is CCCCNc1nccn1CC1CCN(CC)CC1. The molecule has 1 aromatic heterocycles. The van der Waals surface area contributed by atoms with E-state index in [-0.39, 0.29) is 0 Å². The fourth-order valence-corrected chi connectivity index (χ4v) is 2.76. The second-order valence-electron chi connectivity index (χ2n) is 5.56. The van der Waals surface area contributed by atoms with Crippen LogP contribution in [0.4, 0.5) is 5.95 Å². The monoisotopic (exact) mass is 264 g/mol. The smallest absolute Gasteiger partial charge is 0.202 e. The van der Waals surface area contributed by atoms with Crippen LogP contribution < -0.4 is 5.32 Å². The molecule has 0 amide bonds. The molecule has 4 nitrogen and oxygen atoms in total. The van der Waals surface area contributed by atoms with E-state index in [1.807, 2.05) is 6.20 Å². The van der Waals surface area contributed by atoms with E-state index >= 15 is 0 Å². The number of imidazole rings is 1. The van der Waals surface area contributed by atoms with Crippen LogP contribution in [-0.2, 0) is 6.54 Å². The summed E-state index contributed by atoms with van der Waals surface area (Å²) in [6, 6.07) is 0. The summed E-state index contributed by atoms with van der Waals surface area (Å²) in [4.78, 5) is 6.97. The highest BCUT2D eigenvalue weighted by Gasteiger charge is 2.19. The summed E-state index contributed by atoms with van der Waals surface area (Å²) in [5.74, 6) is 1.86. The van der Waals surface area contributed by atoms with Gasteiger partial charge in [-0.05, 0) is 44.8 Å². The fraction of sp³-hybridized carbons (Fsp3) is 0.800. The molecule has 2 heterocycles. The Morgan fingerprint density at radius 2 is 2.11 bits per heavy atom. The van der Waals surface area contributed by atoms with E-state index in [2.05, 4.69) is 39.8 Å². The Hall–Kier alpha value is -1.03. The predicted molar refractivity (Wildman–Crippen MR) is 80.5 cm³/mol. The Kier molecular flexibility index (Phi) is 5.70. The Morgan fingerprint density at radius 1 is 1.32 bits per heavy atom. The Bertz CT molecular complexity index is 353. The number of nitrogens with zero attached hydrogens (tertiary/aromatic N) is 3. The van der Waals surface area contributed by atoms with Crippen molar-refractivity contribution in [1.82, 2.24) is 14.5 Å².